The Morgan fingerprint density at radius 2 is 1.58 bits per heavy atom. The Bertz CT molecular complexity index is 1380. The van der Waals surface area contributed by atoms with Crippen molar-refractivity contribution in [2.24, 2.45) is 0 Å². The number of aromatic nitrogens is 2. The highest BCUT2D eigenvalue weighted by molar-refractivity contribution is 7.17. The first-order chi connectivity index (χ1) is 15.2. The minimum atomic E-state index is 0.0335. The van der Waals surface area contributed by atoms with Crippen LogP contribution < -0.4 is 5.32 Å². The lowest BCUT2D eigenvalue weighted by Gasteiger charge is -2.10. The maximum Gasteiger partial charge on any atom is 0.159 e. The van der Waals surface area contributed by atoms with Gasteiger partial charge in [0.1, 0.15) is 17.0 Å². The molecule has 0 fully saturated rings. The Kier molecular flexibility index (Phi) is 5.02. The SMILES string of the molecule is CC(=O)c1cccc(Nc2ncnc3scc(-c4ccc(-c5ccccc5)cc4)c23)c1. The summed E-state index contributed by atoms with van der Waals surface area (Å²) in [6.07, 6.45) is 1.57. The molecule has 2 heterocycles. The molecule has 0 aliphatic carbocycles. The second-order valence-corrected chi connectivity index (χ2v) is 8.12. The van der Waals surface area contributed by atoms with Crippen molar-refractivity contribution >= 4 is 38.8 Å². The molecule has 0 saturated carbocycles. The smallest absolute Gasteiger partial charge is 0.159 e. The van der Waals surface area contributed by atoms with E-state index in [9.17, 15) is 4.79 Å². The molecule has 0 spiro atoms. The molecular weight excluding hydrogens is 402 g/mol. The number of hydrogen-bond acceptors (Lipinski definition) is 5. The first-order valence-electron chi connectivity index (χ1n) is 9.95. The molecule has 5 aromatic rings. The highest BCUT2D eigenvalue weighted by Gasteiger charge is 2.14. The van der Waals surface area contributed by atoms with Gasteiger partial charge in [-0.25, -0.2) is 9.97 Å². The van der Waals surface area contributed by atoms with Crippen LogP contribution in [0.5, 0.6) is 0 Å². The molecule has 0 bridgehead atoms. The minimum Gasteiger partial charge on any atom is -0.340 e. The van der Waals surface area contributed by atoms with Gasteiger partial charge in [-0.05, 0) is 35.7 Å². The van der Waals surface area contributed by atoms with E-state index >= 15 is 0 Å². The van der Waals surface area contributed by atoms with Gasteiger partial charge < -0.3 is 5.32 Å². The van der Waals surface area contributed by atoms with Crippen molar-refractivity contribution in [3.63, 3.8) is 0 Å². The molecule has 31 heavy (non-hydrogen) atoms. The summed E-state index contributed by atoms with van der Waals surface area (Å²) < 4.78 is 0. The molecule has 4 nitrogen and oxygen atoms in total. The third-order valence-electron chi connectivity index (χ3n) is 5.21. The van der Waals surface area contributed by atoms with E-state index in [1.165, 1.54) is 11.1 Å². The molecule has 2 aromatic heterocycles. The van der Waals surface area contributed by atoms with Crippen molar-refractivity contribution in [2.45, 2.75) is 6.92 Å². The number of carbonyl (C=O) groups excluding carboxylic acids is 1. The van der Waals surface area contributed by atoms with Gasteiger partial charge in [0.25, 0.3) is 0 Å². The first kappa shape index (κ1) is 19.2. The van der Waals surface area contributed by atoms with Crippen molar-refractivity contribution in [2.75, 3.05) is 5.32 Å². The summed E-state index contributed by atoms with van der Waals surface area (Å²) in [5.74, 6) is 0.764. The normalized spacial score (nSPS) is 10.9. The zero-order chi connectivity index (χ0) is 21.2. The molecule has 150 valence electrons. The van der Waals surface area contributed by atoms with Crippen molar-refractivity contribution in [3.8, 4) is 22.3 Å². The summed E-state index contributed by atoms with van der Waals surface area (Å²) >= 11 is 1.60. The Labute approximate surface area is 184 Å². The lowest BCUT2D eigenvalue weighted by atomic mass is 10.0. The predicted octanol–water partition coefficient (Wildman–Crippen LogP) is 6.97. The van der Waals surface area contributed by atoms with Gasteiger partial charge in [0.15, 0.2) is 5.78 Å². The fourth-order valence-corrected chi connectivity index (χ4v) is 4.52. The molecule has 0 aliphatic rings. The van der Waals surface area contributed by atoms with Gasteiger partial charge in [0.05, 0.1) is 5.39 Å². The number of nitrogens with zero attached hydrogens (tertiary/aromatic N) is 2. The summed E-state index contributed by atoms with van der Waals surface area (Å²) in [5, 5.41) is 6.48. The number of Topliss-reactive ketones (excluding diaryl/α,β-unsaturated/α-hetero) is 1. The van der Waals surface area contributed by atoms with Crippen LogP contribution in [0.1, 0.15) is 17.3 Å². The molecule has 0 atom stereocenters. The van der Waals surface area contributed by atoms with Crippen LogP contribution in [-0.4, -0.2) is 15.8 Å². The zero-order valence-electron chi connectivity index (χ0n) is 16.9. The Hall–Kier alpha value is -3.83. The number of nitrogens with one attached hydrogen (secondary N) is 1. The topological polar surface area (TPSA) is 54.9 Å². The van der Waals surface area contributed by atoms with Gasteiger partial charge in [-0.15, -0.1) is 11.3 Å². The third kappa shape index (κ3) is 3.83. The van der Waals surface area contributed by atoms with E-state index in [1.54, 1.807) is 24.6 Å². The van der Waals surface area contributed by atoms with E-state index in [-0.39, 0.29) is 5.78 Å². The number of rotatable bonds is 5. The zero-order valence-corrected chi connectivity index (χ0v) is 17.7. The van der Waals surface area contributed by atoms with Crippen LogP contribution in [-0.2, 0) is 0 Å². The van der Waals surface area contributed by atoms with Crippen molar-refractivity contribution < 1.29 is 4.79 Å². The summed E-state index contributed by atoms with van der Waals surface area (Å²) in [6, 6.07) is 26.4. The molecule has 5 rings (SSSR count). The molecule has 0 radical (unpaired) electrons. The van der Waals surface area contributed by atoms with E-state index in [1.807, 2.05) is 42.5 Å². The van der Waals surface area contributed by atoms with E-state index in [2.05, 4.69) is 57.1 Å². The van der Waals surface area contributed by atoms with Crippen LogP contribution in [0.4, 0.5) is 11.5 Å². The van der Waals surface area contributed by atoms with Crippen LogP contribution in [0.25, 0.3) is 32.5 Å². The van der Waals surface area contributed by atoms with E-state index < -0.39 is 0 Å². The van der Waals surface area contributed by atoms with E-state index in [0.29, 0.717) is 5.56 Å². The highest BCUT2D eigenvalue weighted by atomic mass is 32.1. The molecular formula is C26H19N3OS. The Morgan fingerprint density at radius 3 is 2.35 bits per heavy atom. The quantitative estimate of drug-likeness (QED) is 0.311. The summed E-state index contributed by atoms with van der Waals surface area (Å²) in [6.45, 7) is 1.57. The van der Waals surface area contributed by atoms with Gasteiger partial charge in [-0.1, -0.05) is 66.7 Å². The first-order valence-corrected chi connectivity index (χ1v) is 10.8. The number of carbonyl (C=O) groups is 1. The molecule has 0 amide bonds. The van der Waals surface area contributed by atoms with Gasteiger partial charge in [-0.3, -0.25) is 4.79 Å². The fourth-order valence-electron chi connectivity index (χ4n) is 3.61. The van der Waals surface area contributed by atoms with Crippen LogP contribution in [0, 0.1) is 0 Å². The summed E-state index contributed by atoms with van der Waals surface area (Å²) in [7, 11) is 0. The van der Waals surface area contributed by atoms with E-state index in [0.717, 1.165) is 32.8 Å². The monoisotopic (exact) mass is 421 g/mol. The summed E-state index contributed by atoms with van der Waals surface area (Å²) in [5.41, 5.74) is 6.06. The van der Waals surface area contributed by atoms with Crippen molar-refractivity contribution in [1.29, 1.82) is 0 Å². The van der Waals surface area contributed by atoms with Crippen molar-refractivity contribution in [3.05, 3.63) is 96.1 Å². The average Bonchev–Trinajstić information content (AvgIpc) is 3.25. The van der Waals surface area contributed by atoms with Gasteiger partial charge >= 0.3 is 0 Å². The highest BCUT2D eigenvalue weighted by Crippen LogP contribution is 2.38. The molecule has 0 aliphatic heterocycles. The second kappa shape index (κ2) is 8.13. The number of anilines is 2. The molecule has 1 N–H and O–H groups in total. The predicted molar refractivity (Wildman–Crippen MR) is 128 cm³/mol. The molecule has 3 aromatic carbocycles. The number of hydrogen-bond donors (Lipinski definition) is 1. The maximum absolute atomic E-state index is 11.7. The van der Waals surface area contributed by atoms with Crippen LogP contribution >= 0.6 is 11.3 Å². The van der Waals surface area contributed by atoms with Crippen LogP contribution in [0.15, 0.2) is 90.6 Å². The number of fused-ring (bicyclic) bond motifs is 1. The van der Waals surface area contributed by atoms with Gasteiger partial charge in [0.2, 0.25) is 0 Å². The summed E-state index contributed by atoms with van der Waals surface area (Å²) in [4.78, 5) is 21.6. The van der Waals surface area contributed by atoms with E-state index in [4.69, 9.17) is 0 Å². The van der Waals surface area contributed by atoms with Gasteiger partial charge in [0, 0.05) is 22.2 Å². The number of ketones is 1. The second-order valence-electron chi connectivity index (χ2n) is 7.26. The fraction of sp³-hybridized carbons (Fsp3) is 0.0385. The third-order valence-corrected chi connectivity index (χ3v) is 6.09. The standard InChI is InChI=1S/C26H19N3OS/c1-17(30)21-8-5-9-22(14-21)29-25-24-23(15-31-26(24)28-16-27-25)20-12-10-19(11-13-20)18-6-3-2-4-7-18/h2-16H,1H3,(H,27,28,29). The lowest BCUT2D eigenvalue weighted by Crippen LogP contribution is -1.98. The molecule has 0 saturated heterocycles. The Morgan fingerprint density at radius 1 is 0.839 bits per heavy atom. The average molecular weight is 422 g/mol. The van der Waals surface area contributed by atoms with Crippen LogP contribution in [0.2, 0.25) is 0 Å². The minimum absolute atomic E-state index is 0.0335. The van der Waals surface area contributed by atoms with Gasteiger partial charge in [-0.2, -0.15) is 0 Å². The van der Waals surface area contributed by atoms with Crippen LogP contribution in [0.3, 0.4) is 0 Å². The molecule has 0 unspecified atom stereocenters. The largest absolute Gasteiger partial charge is 0.340 e. The lowest BCUT2D eigenvalue weighted by molar-refractivity contribution is 0.101. The van der Waals surface area contributed by atoms with Crippen molar-refractivity contribution in [1.82, 2.24) is 9.97 Å². The Balaban J connectivity index is 1.54. The molecule has 5 heteroatoms. The number of thiophene rings is 1. The maximum atomic E-state index is 11.7. The number of benzene rings is 3.